The van der Waals surface area contributed by atoms with Gasteiger partial charge in [-0.3, -0.25) is 9.59 Å². The van der Waals surface area contributed by atoms with Crippen LogP contribution in [0.1, 0.15) is 32.1 Å². The minimum atomic E-state index is -0.422. The number of nitrogens with zero attached hydrogens (tertiary/aromatic N) is 4. The first-order chi connectivity index (χ1) is 12.1. The number of hydrogen-bond acceptors (Lipinski definition) is 4. The summed E-state index contributed by atoms with van der Waals surface area (Å²) in [6.07, 6.45) is 9.78. The largest absolute Gasteiger partial charge is 0.395 e. The quantitative estimate of drug-likeness (QED) is 0.842. The number of likely N-dealkylation sites (tertiary alicyclic amines) is 2. The van der Waals surface area contributed by atoms with E-state index in [1.54, 1.807) is 17.4 Å². The highest BCUT2D eigenvalue weighted by Gasteiger charge is 2.56. The van der Waals surface area contributed by atoms with Gasteiger partial charge in [0, 0.05) is 45.1 Å². The lowest BCUT2D eigenvalue weighted by molar-refractivity contribution is -0.147. The Morgan fingerprint density at radius 1 is 1.24 bits per heavy atom. The van der Waals surface area contributed by atoms with Crippen molar-refractivity contribution in [3.05, 3.63) is 18.7 Å². The zero-order valence-electron chi connectivity index (χ0n) is 14.6. The molecule has 1 saturated carbocycles. The van der Waals surface area contributed by atoms with Crippen LogP contribution in [0.25, 0.3) is 0 Å². The van der Waals surface area contributed by atoms with Gasteiger partial charge in [0.2, 0.25) is 11.8 Å². The maximum absolute atomic E-state index is 13.1. The average molecular weight is 346 g/mol. The smallest absolute Gasteiger partial charge is 0.230 e. The molecule has 3 heterocycles. The molecule has 3 aliphatic rings. The van der Waals surface area contributed by atoms with Gasteiger partial charge in [0.25, 0.3) is 0 Å². The molecule has 2 aliphatic heterocycles. The van der Waals surface area contributed by atoms with Gasteiger partial charge in [-0.2, -0.15) is 0 Å². The predicted octanol–water partition coefficient (Wildman–Crippen LogP) is 0.497. The molecular weight excluding hydrogens is 320 g/mol. The van der Waals surface area contributed by atoms with Crippen molar-refractivity contribution in [1.29, 1.82) is 0 Å². The van der Waals surface area contributed by atoms with E-state index in [9.17, 15) is 14.7 Å². The van der Waals surface area contributed by atoms with Crippen LogP contribution in [0.3, 0.4) is 0 Å². The van der Waals surface area contributed by atoms with E-state index in [-0.39, 0.29) is 23.8 Å². The Hall–Kier alpha value is -1.89. The first-order valence-corrected chi connectivity index (χ1v) is 9.24. The van der Waals surface area contributed by atoms with Gasteiger partial charge in [0.1, 0.15) is 0 Å². The molecule has 0 unspecified atom stereocenters. The number of carbonyl (C=O) groups excluding carboxylic acids is 2. The minimum absolute atomic E-state index is 0.00151. The zero-order valence-corrected chi connectivity index (χ0v) is 14.6. The van der Waals surface area contributed by atoms with E-state index in [2.05, 4.69) is 4.98 Å². The highest BCUT2D eigenvalue weighted by molar-refractivity contribution is 5.89. The van der Waals surface area contributed by atoms with E-state index in [4.69, 9.17) is 0 Å². The van der Waals surface area contributed by atoms with E-state index in [0.29, 0.717) is 26.2 Å². The average Bonchev–Trinajstić information content (AvgIpc) is 3.02. The van der Waals surface area contributed by atoms with Crippen molar-refractivity contribution in [3.63, 3.8) is 0 Å². The lowest BCUT2D eigenvalue weighted by Gasteiger charge is -2.39. The van der Waals surface area contributed by atoms with Crippen LogP contribution < -0.4 is 0 Å². The molecule has 2 amide bonds. The molecule has 25 heavy (non-hydrogen) atoms. The second-order valence-electron chi connectivity index (χ2n) is 7.89. The second-order valence-corrected chi connectivity index (χ2v) is 7.89. The van der Waals surface area contributed by atoms with Crippen LogP contribution in [0.2, 0.25) is 0 Å². The molecule has 1 aromatic rings. The van der Waals surface area contributed by atoms with E-state index < -0.39 is 5.41 Å². The number of imidazole rings is 1. The van der Waals surface area contributed by atoms with Crippen LogP contribution >= 0.6 is 0 Å². The maximum atomic E-state index is 13.1. The summed E-state index contributed by atoms with van der Waals surface area (Å²) in [5, 5.41) is 9.18. The molecule has 0 bridgehead atoms. The third-order valence-corrected chi connectivity index (χ3v) is 6.19. The Labute approximate surface area is 147 Å². The van der Waals surface area contributed by atoms with Crippen molar-refractivity contribution in [3.8, 4) is 0 Å². The highest BCUT2D eigenvalue weighted by Crippen LogP contribution is 2.50. The molecule has 4 rings (SSSR count). The summed E-state index contributed by atoms with van der Waals surface area (Å²) in [5.41, 5.74) is -0.719. The molecule has 1 atom stereocenters. The van der Waals surface area contributed by atoms with Crippen molar-refractivity contribution in [1.82, 2.24) is 19.4 Å². The van der Waals surface area contributed by atoms with Gasteiger partial charge in [-0.15, -0.1) is 0 Å². The normalized spacial score (nSPS) is 28.0. The number of hydrogen-bond donors (Lipinski definition) is 1. The summed E-state index contributed by atoms with van der Waals surface area (Å²) in [6, 6.07) is 0. The Kier molecular flexibility index (Phi) is 4.06. The van der Waals surface area contributed by atoms with Gasteiger partial charge < -0.3 is 19.5 Å². The molecule has 0 aromatic carbocycles. The van der Waals surface area contributed by atoms with Crippen LogP contribution in [0.5, 0.6) is 0 Å². The van der Waals surface area contributed by atoms with Gasteiger partial charge in [0.05, 0.1) is 23.8 Å². The van der Waals surface area contributed by atoms with Crippen molar-refractivity contribution < 1.29 is 14.7 Å². The summed E-state index contributed by atoms with van der Waals surface area (Å²) in [4.78, 5) is 33.8. The number of rotatable bonds is 5. The number of aliphatic hydroxyl groups excluding tert-OH is 1. The summed E-state index contributed by atoms with van der Waals surface area (Å²) in [6.45, 7) is 3.01. The molecule has 7 nitrogen and oxygen atoms in total. The Bertz CT molecular complexity index is 653. The fourth-order valence-corrected chi connectivity index (χ4v) is 4.57. The van der Waals surface area contributed by atoms with Crippen molar-refractivity contribution in [2.45, 2.75) is 38.6 Å². The van der Waals surface area contributed by atoms with Crippen molar-refractivity contribution in [2.75, 3.05) is 32.8 Å². The molecule has 7 heteroatoms. The SMILES string of the molecule is O=C(N1CC[C@@]2(CCCN(CCO)C2=O)C1)C1(Cn2ccnc2)CC1. The minimum Gasteiger partial charge on any atom is -0.395 e. The summed E-state index contributed by atoms with van der Waals surface area (Å²) < 4.78 is 1.98. The summed E-state index contributed by atoms with van der Waals surface area (Å²) >= 11 is 0. The van der Waals surface area contributed by atoms with Crippen LogP contribution in [0.4, 0.5) is 0 Å². The molecule has 3 fully saturated rings. The molecule has 2 saturated heterocycles. The zero-order chi connectivity index (χ0) is 17.5. The monoisotopic (exact) mass is 346 g/mol. The van der Waals surface area contributed by atoms with Gasteiger partial charge >= 0.3 is 0 Å². The standard InChI is InChI=1S/C18H26N4O3/c23-11-10-21-7-1-2-17(15(21)24)5-8-22(13-17)16(25)18(3-4-18)12-20-9-6-19-14-20/h6,9,14,23H,1-5,7-8,10-13H2/t17-/m0/s1. The number of amides is 2. The molecular formula is C18H26N4O3. The number of aliphatic hydroxyl groups is 1. The number of carbonyl (C=O) groups is 2. The predicted molar refractivity (Wildman–Crippen MR) is 90.4 cm³/mol. The Balaban J connectivity index is 1.45. The van der Waals surface area contributed by atoms with Gasteiger partial charge in [-0.1, -0.05) is 0 Å². The fourth-order valence-electron chi connectivity index (χ4n) is 4.57. The summed E-state index contributed by atoms with van der Waals surface area (Å²) in [5.74, 6) is 0.327. The molecule has 1 aliphatic carbocycles. The lowest BCUT2D eigenvalue weighted by Crippen LogP contribution is -2.51. The molecule has 1 spiro atoms. The van der Waals surface area contributed by atoms with E-state index in [1.807, 2.05) is 15.7 Å². The molecule has 0 radical (unpaired) electrons. The first kappa shape index (κ1) is 16.6. The Morgan fingerprint density at radius 2 is 2.08 bits per heavy atom. The third kappa shape index (κ3) is 2.84. The van der Waals surface area contributed by atoms with Crippen LogP contribution in [0, 0.1) is 10.8 Å². The van der Waals surface area contributed by atoms with E-state index in [0.717, 1.165) is 38.6 Å². The van der Waals surface area contributed by atoms with Gasteiger partial charge in [-0.25, -0.2) is 4.98 Å². The first-order valence-electron chi connectivity index (χ1n) is 9.24. The van der Waals surface area contributed by atoms with Crippen molar-refractivity contribution >= 4 is 11.8 Å². The van der Waals surface area contributed by atoms with E-state index >= 15 is 0 Å². The maximum Gasteiger partial charge on any atom is 0.230 e. The van der Waals surface area contributed by atoms with Crippen molar-refractivity contribution in [2.24, 2.45) is 10.8 Å². The molecule has 1 N–H and O–H groups in total. The lowest BCUT2D eigenvalue weighted by atomic mass is 9.78. The highest BCUT2D eigenvalue weighted by atomic mass is 16.3. The van der Waals surface area contributed by atoms with Gasteiger partial charge in [-0.05, 0) is 32.1 Å². The van der Waals surface area contributed by atoms with Crippen LogP contribution in [-0.2, 0) is 16.1 Å². The Morgan fingerprint density at radius 3 is 2.76 bits per heavy atom. The molecule has 136 valence electrons. The number of β-amino-alcohol motifs (C(OH)–C–C–N with tert-alkyl or cyclic N) is 1. The fraction of sp³-hybridized carbons (Fsp3) is 0.722. The third-order valence-electron chi connectivity index (χ3n) is 6.19. The van der Waals surface area contributed by atoms with Crippen LogP contribution in [-0.4, -0.2) is 69.1 Å². The topological polar surface area (TPSA) is 78.7 Å². The van der Waals surface area contributed by atoms with Gasteiger partial charge in [0.15, 0.2) is 0 Å². The second kappa shape index (κ2) is 6.12. The van der Waals surface area contributed by atoms with Crippen LogP contribution in [0.15, 0.2) is 18.7 Å². The number of piperidine rings is 1. The number of aromatic nitrogens is 2. The van der Waals surface area contributed by atoms with E-state index in [1.165, 1.54) is 0 Å². The molecule has 1 aromatic heterocycles. The summed E-state index contributed by atoms with van der Waals surface area (Å²) in [7, 11) is 0.